The van der Waals surface area contributed by atoms with Crippen molar-refractivity contribution in [1.82, 2.24) is 0 Å². The fourth-order valence-corrected chi connectivity index (χ4v) is 40.4. The first-order chi connectivity index (χ1) is 21.2. The first-order valence-electron chi connectivity index (χ1n) is 12.2. The highest BCUT2D eigenvalue weighted by molar-refractivity contribution is 6.95. The van der Waals surface area contributed by atoms with Gasteiger partial charge in [0.25, 0.3) is 0 Å². The monoisotopic (exact) mass is 816 g/mol. The second-order valence-corrected chi connectivity index (χ2v) is 31.9. The summed E-state index contributed by atoms with van der Waals surface area (Å²) in [4.78, 5) is 0. The van der Waals surface area contributed by atoms with Gasteiger partial charge in [-0.2, -0.15) is 0 Å². The number of fused-ring (bicyclic) bond motifs is 4. The van der Waals surface area contributed by atoms with E-state index >= 15 is 0 Å². The Hall–Kier alpha value is 0.992. The summed E-state index contributed by atoms with van der Waals surface area (Å²) < 4.78 is 143. The molecular weight excluding hydrogens is 781 g/mol. The van der Waals surface area contributed by atoms with Crippen molar-refractivity contribution in [2.24, 2.45) is 0 Å². The zero-order valence-electron chi connectivity index (χ0n) is 26.3. The van der Waals surface area contributed by atoms with Crippen molar-refractivity contribution in [2.45, 2.75) is 0 Å². The van der Waals surface area contributed by atoms with Gasteiger partial charge in [-0.1, -0.05) is 0 Å². The fourth-order valence-electron chi connectivity index (χ4n) is 3.80. The van der Waals surface area contributed by atoms with Crippen molar-refractivity contribution in [3.63, 3.8) is 0 Å². The van der Waals surface area contributed by atoms with E-state index in [-0.39, 0.29) is 0 Å². The maximum Gasteiger partial charge on any atom is 0.667 e. The van der Waals surface area contributed by atoms with E-state index in [1.165, 1.54) is 56.9 Å². The van der Waals surface area contributed by atoms with Crippen LogP contribution in [0.2, 0.25) is 0 Å². The summed E-state index contributed by atoms with van der Waals surface area (Å²) >= 11 is 0. The second kappa shape index (κ2) is 14.0. The molecule has 5 bridgehead atoms. The van der Waals surface area contributed by atoms with Crippen molar-refractivity contribution in [1.29, 1.82) is 0 Å². The molecular formula is C12H36O24Si9. The van der Waals surface area contributed by atoms with Gasteiger partial charge in [0.05, 0.1) is 0 Å². The minimum absolute atomic E-state index is 1.16. The number of rotatable bonds is 12. The van der Waals surface area contributed by atoms with Gasteiger partial charge in [-0.3, -0.25) is 0 Å². The maximum absolute atomic E-state index is 6.41. The predicted molar refractivity (Wildman–Crippen MR) is 149 cm³/mol. The summed E-state index contributed by atoms with van der Waals surface area (Å²) in [6.45, 7) is 0. The molecule has 24 nitrogen and oxygen atoms in total. The lowest BCUT2D eigenvalue weighted by Crippen LogP contribution is -2.87. The van der Waals surface area contributed by atoms with Crippen LogP contribution in [0.15, 0.2) is 0 Å². The molecule has 0 aromatic rings. The van der Waals surface area contributed by atoms with Gasteiger partial charge < -0.3 is 102 Å². The Kier molecular flexibility index (Phi) is 12.0. The molecule has 0 N–H and O–H groups in total. The smallest absolute Gasteiger partial charge is 0.356 e. The van der Waals surface area contributed by atoms with Crippen molar-refractivity contribution in [3.8, 4) is 0 Å². The Morgan fingerprint density at radius 1 is 0.222 bits per heavy atom. The molecule has 0 atom stereocenters. The van der Waals surface area contributed by atoms with Crippen LogP contribution in [-0.4, -0.2) is 167 Å². The molecule has 45 heavy (non-hydrogen) atoms. The van der Waals surface area contributed by atoms with E-state index in [0.29, 0.717) is 0 Å². The molecule has 0 unspecified atom stereocenters. The molecule has 4 aliphatic heterocycles. The Balaban J connectivity index is 2.11. The van der Waals surface area contributed by atoms with Gasteiger partial charge in [0, 0.05) is 85.3 Å². The van der Waals surface area contributed by atoms with Crippen LogP contribution in [0, 0.1) is 0 Å². The van der Waals surface area contributed by atoms with Crippen molar-refractivity contribution < 1.29 is 102 Å². The molecule has 1 spiro atoms. The zero-order valence-corrected chi connectivity index (χ0v) is 35.3. The number of hydrogen-bond acceptors (Lipinski definition) is 24. The van der Waals surface area contributed by atoms with Crippen LogP contribution in [0.1, 0.15) is 0 Å². The molecule has 0 aromatic heterocycles. The van der Waals surface area contributed by atoms with Crippen LogP contribution in [0.25, 0.3) is 0 Å². The Morgan fingerprint density at radius 3 is 0.489 bits per heavy atom. The van der Waals surface area contributed by atoms with E-state index in [2.05, 4.69) is 0 Å². The molecule has 4 rings (SSSR count). The molecule has 4 fully saturated rings. The van der Waals surface area contributed by atoms with E-state index in [9.17, 15) is 0 Å². The van der Waals surface area contributed by atoms with Gasteiger partial charge in [0.15, 0.2) is 0 Å². The van der Waals surface area contributed by atoms with Crippen LogP contribution in [0.3, 0.4) is 0 Å². The Bertz CT molecular complexity index is 823. The lowest BCUT2D eigenvalue weighted by Gasteiger charge is -2.53. The molecule has 33 heteroatoms. The van der Waals surface area contributed by atoms with Gasteiger partial charge in [0.1, 0.15) is 0 Å². The van der Waals surface area contributed by atoms with Gasteiger partial charge in [0.2, 0.25) is 0 Å². The largest absolute Gasteiger partial charge is 0.667 e. The lowest BCUT2D eigenvalue weighted by atomic mass is 11.8. The minimum Gasteiger partial charge on any atom is -0.356 e. The van der Waals surface area contributed by atoms with Crippen molar-refractivity contribution in [2.75, 3.05) is 85.3 Å². The molecule has 0 aliphatic carbocycles. The van der Waals surface area contributed by atoms with E-state index in [1.54, 1.807) is 0 Å². The first-order valence-corrected chi connectivity index (χ1v) is 26.9. The second-order valence-electron chi connectivity index (χ2n) is 8.17. The maximum atomic E-state index is 6.41. The summed E-state index contributed by atoms with van der Waals surface area (Å²) in [5, 5.41) is 0. The average Bonchev–Trinajstić information content (AvgIpc) is 3.03. The standard InChI is InChI=1S/C12H36O24Si9/c1-13-37(14-2)25-41(21-9)27-38(15-3,16-4)29-43(23-11)31-40(19-7,20-8)32-44(24-12)30-39(17-5,18-6)28-42(22-10,26-37)34-45(33-41,35-43)36-44/h1-12H3. The molecule has 0 saturated carbocycles. The third-order valence-electron chi connectivity index (χ3n) is 6.00. The fraction of sp³-hybridized carbons (Fsp3) is 1.00. The Morgan fingerprint density at radius 2 is 0.378 bits per heavy atom. The summed E-state index contributed by atoms with van der Waals surface area (Å²) in [6, 6.07) is 0. The van der Waals surface area contributed by atoms with Crippen LogP contribution in [0.4, 0.5) is 0 Å². The Labute approximate surface area is 268 Å². The zero-order chi connectivity index (χ0) is 33.5. The van der Waals surface area contributed by atoms with Gasteiger partial charge >= 0.3 is 81.4 Å². The topological polar surface area (TPSA) is 222 Å². The molecule has 264 valence electrons. The molecule has 0 amide bonds. The van der Waals surface area contributed by atoms with Crippen molar-refractivity contribution in [3.05, 3.63) is 0 Å². The van der Waals surface area contributed by atoms with E-state index < -0.39 is 81.4 Å². The van der Waals surface area contributed by atoms with Crippen LogP contribution in [-0.2, 0) is 102 Å². The summed E-state index contributed by atoms with van der Waals surface area (Å²) in [7, 11) is -29.0. The average molecular weight is 817 g/mol. The highest BCUT2D eigenvalue weighted by Gasteiger charge is 2.88. The normalized spacial score (nSPS) is 40.3. The SMILES string of the molecule is CO[Si]1(OC)O[Si]2(OC)O[Si](OC)(OC)O[Si]3(OC)O[Si](OC)(OC)O[Si]4(OC)O[Si](OC)(OC)O[Si](OC)(O1)O[Si](O2)(O3)O4. The summed E-state index contributed by atoms with van der Waals surface area (Å²) in [5.74, 6) is 0. The predicted octanol–water partition coefficient (Wildman–Crippen LogP) is -3.08. The quantitative estimate of drug-likeness (QED) is 0.178. The minimum atomic E-state index is -5.26. The van der Waals surface area contributed by atoms with E-state index in [0.717, 1.165) is 28.4 Å². The summed E-state index contributed by atoms with van der Waals surface area (Å²) in [5.41, 5.74) is 0. The van der Waals surface area contributed by atoms with Crippen LogP contribution < -0.4 is 0 Å². The van der Waals surface area contributed by atoms with Crippen LogP contribution in [0.5, 0.6) is 0 Å². The van der Waals surface area contributed by atoms with Gasteiger partial charge in [-0.15, -0.1) is 0 Å². The highest BCUT2D eigenvalue weighted by atomic mass is 28.6. The van der Waals surface area contributed by atoms with E-state index in [4.69, 9.17) is 102 Å². The third kappa shape index (κ3) is 7.00. The van der Waals surface area contributed by atoms with Gasteiger partial charge in [-0.05, 0) is 0 Å². The number of hydrogen-bond donors (Lipinski definition) is 0. The molecule has 0 aromatic carbocycles. The first kappa shape index (κ1) is 38.8. The summed E-state index contributed by atoms with van der Waals surface area (Å²) in [6.07, 6.45) is 0. The molecule has 4 aliphatic rings. The highest BCUT2D eigenvalue weighted by Crippen LogP contribution is 2.46. The van der Waals surface area contributed by atoms with E-state index in [1.807, 2.05) is 0 Å². The lowest BCUT2D eigenvalue weighted by molar-refractivity contribution is -0.136. The molecule has 4 heterocycles. The molecule has 0 radical (unpaired) electrons. The van der Waals surface area contributed by atoms with Crippen molar-refractivity contribution >= 4 is 81.4 Å². The van der Waals surface area contributed by atoms with Crippen LogP contribution >= 0.6 is 0 Å². The third-order valence-corrected chi connectivity index (χ3v) is 36.0. The molecule has 4 saturated heterocycles. The van der Waals surface area contributed by atoms with Gasteiger partial charge in [-0.25, -0.2) is 0 Å².